The standard InChI is InChI=1S/C32H30F3N3O4S/c33-32(34,35)42-26-14-12-23(13-15-26)19-25(39)18-22-10-8-21(9-11-22)16-17-36-30(41)37-31-38(29(40)20-43-31)28-7-3-5-24-4-1-2-6-27(24)28/h3,5,7-15H,1-2,4,6,16-20H2,(H,36,41). The predicted molar refractivity (Wildman–Crippen MR) is 160 cm³/mol. The van der Waals surface area contributed by atoms with Crippen LogP contribution in [0.2, 0.25) is 0 Å². The summed E-state index contributed by atoms with van der Waals surface area (Å²) in [5, 5.41) is 3.18. The number of rotatable bonds is 9. The second-order valence-corrected chi connectivity index (χ2v) is 11.4. The Labute approximate surface area is 251 Å². The molecule has 0 unspecified atom stereocenters. The van der Waals surface area contributed by atoms with E-state index in [1.807, 2.05) is 36.4 Å². The maximum absolute atomic E-state index is 12.7. The number of nitrogens with zero attached hydrogens (tertiary/aromatic N) is 2. The van der Waals surface area contributed by atoms with Crippen LogP contribution < -0.4 is 15.0 Å². The molecule has 1 saturated heterocycles. The number of halogens is 3. The number of carbonyl (C=O) groups excluding carboxylic acids is 3. The number of hydrogen-bond acceptors (Lipinski definition) is 5. The minimum absolute atomic E-state index is 0.0723. The minimum Gasteiger partial charge on any atom is -0.406 e. The molecule has 0 aromatic heterocycles. The number of amidine groups is 1. The van der Waals surface area contributed by atoms with Gasteiger partial charge in [0, 0.05) is 19.4 Å². The van der Waals surface area contributed by atoms with Crippen LogP contribution in [0.5, 0.6) is 5.75 Å². The van der Waals surface area contributed by atoms with Gasteiger partial charge in [-0.25, -0.2) is 4.79 Å². The number of hydrogen-bond donors (Lipinski definition) is 1. The molecule has 2 aliphatic rings. The molecule has 1 aliphatic carbocycles. The molecule has 0 bridgehead atoms. The highest BCUT2D eigenvalue weighted by Gasteiger charge is 2.33. The molecule has 7 nitrogen and oxygen atoms in total. The van der Waals surface area contributed by atoms with E-state index >= 15 is 0 Å². The van der Waals surface area contributed by atoms with Gasteiger partial charge >= 0.3 is 12.4 Å². The number of carbonyl (C=O) groups is 3. The maximum atomic E-state index is 12.7. The van der Waals surface area contributed by atoms with E-state index in [-0.39, 0.29) is 36.0 Å². The monoisotopic (exact) mass is 609 g/mol. The van der Waals surface area contributed by atoms with E-state index in [1.165, 1.54) is 41.6 Å². The van der Waals surface area contributed by atoms with Crippen molar-refractivity contribution in [1.82, 2.24) is 5.32 Å². The van der Waals surface area contributed by atoms with Gasteiger partial charge in [-0.2, -0.15) is 4.99 Å². The summed E-state index contributed by atoms with van der Waals surface area (Å²) in [5.74, 6) is -0.240. The molecule has 3 aromatic rings. The number of benzene rings is 3. The normalized spacial score (nSPS) is 15.8. The van der Waals surface area contributed by atoms with Crippen molar-refractivity contribution in [3.8, 4) is 5.75 Å². The van der Waals surface area contributed by atoms with Gasteiger partial charge in [-0.05, 0) is 78.1 Å². The number of amides is 3. The summed E-state index contributed by atoms with van der Waals surface area (Å²) in [7, 11) is 0. The molecule has 3 amide bonds. The number of alkyl halides is 3. The van der Waals surface area contributed by atoms with Crippen molar-refractivity contribution in [3.05, 3.63) is 94.5 Å². The fraction of sp³-hybridized carbons (Fsp3) is 0.312. The van der Waals surface area contributed by atoms with E-state index in [0.29, 0.717) is 23.7 Å². The Balaban J connectivity index is 1.10. The number of ketones is 1. The zero-order valence-corrected chi connectivity index (χ0v) is 24.1. The van der Waals surface area contributed by atoms with Crippen molar-refractivity contribution in [2.75, 3.05) is 17.2 Å². The molecule has 224 valence electrons. The predicted octanol–water partition coefficient (Wildman–Crippen LogP) is 6.21. The minimum atomic E-state index is -4.76. The summed E-state index contributed by atoms with van der Waals surface area (Å²) in [6, 6.07) is 18.2. The molecular weight excluding hydrogens is 579 g/mol. The molecule has 5 rings (SSSR count). The molecule has 0 saturated carbocycles. The highest BCUT2D eigenvalue weighted by Crippen LogP contribution is 2.35. The van der Waals surface area contributed by atoms with Gasteiger partial charge in [0.05, 0.1) is 11.4 Å². The number of anilines is 1. The van der Waals surface area contributed by atoms with Gasteiger partial charge in [0.25, 0.3) is 0 Å². The second kappa shape index (κ2) is 13.5. The second-order valence-electron chi connectivity index (χ2n) is 10.4. The Morgan fingerprint density at radius 3 is 2.26 bits per heavy atom. The topological polar surface area (TPSA) is 88.1 Å². The van der Waals surface area contributed by atoms with Crippen molar-refractivity contribution in [2.45, 2.75) is 51.3 Å². The molecule has 0 atom stereocenters. The molecular formula is C32H30F3N3O4S. The first-order chi connectivity index (χ1) is 20.6. The van der Waals surface area contributed by atoms with Crippen molar-refractivity contribution in [3.63, 3.8) is 0 Å². The lowest BCUT2D eigenvalue weighted by Crippen LogP contribution is -2.33. The lowest BCUT2D eigenvalue weighted by atomic mass is 9.90. The fourth-order valence-corrected chi connectivity index (χ4v) is 6.10. The van der Waals surface area contributed by atoms with Crippen molar-refractivity contribution in [1.29, 1.82) is 0 Å². The van der Waals surface area contributed by atoms with E-state index in [1.54, 1.807) is 4.90 Å². The van der Waals surface area contributed by atoms with Crippen LogP contribution in [0.25, 0.3) is 0 Å². The van der Waals surface area contributed by atoms with E-state index in [0.717, 1.165) is 48.1 Å². The quantitative estimate of drug-likeness (QED) is 0.312. The number of thioether (sulfide) groups is 1. The van der Waals surface area contributed by atoms with Crippen LogP contribution in [-0.2, 0) is 41.7 Å². The Hall–Kier alpha value is -4.12. The number of aliphatic imine (C=N–C) groups is 1. The smallest absolute Gasteiger partial charge is 0.406 e. The molecule has 0 radical (unpaired) electrons. The highest BCUT2D eigenvalue weighted by molar-refractivity contribution is 8.15. The fourth-order valence-electron chi connectivity index (χ4n) is 5.24. The van der Waals surface area contributed by atoms with Gasteiger partial charge < -0.3 is 10.1 Å². The summed E-state index contributed by atoms with van der Waals surface area (Å²) in [4.78, 5) is 43.6. The third kappa shape index (κ3) is 8.25. The summed E-state index contributed by atoms with van der Waals surface area (Å²) in [5.41, 5.74) is 5.62. The molecule has 1 heterocycles. The zero-order valence-electron chi connectivity index (χ0n) is 23.3. The average Bonchev–Trinajstić information content (AvgIpc) is 3.33. The molecule has 3 aromatic carbocycles. The average molecular weight is 610 g/mol. The van der Waals surface area contributed by atoms with Crippen molar-refractivity contribution < 1.29 is 32.3 Å². The lowest BCUT2D eigenvalue weighted by molar-refractivity contribution is -0.274. The summed E-state index contributed by atoms with van der Waals surface area (Å²) in [6.45, 7) is 0.348. The molecule has 1 aliphatic heterocycles. The number of ether oxygens (including phenoxy) is 1. The molecule has 43 heavy (non-hydrogen) atoms. The third-order valence-corrected chi connectivity index (χ3v) is 8.17. The van der Waals surface area contributed by atoms with Crippen LogP contribution >= 0.6 is 11.8 Å². The van der Waals surface area contributed by atoms with Crippen LogP contribution in [0.1, 0.15) is 40.7 Å². The lowest BCUT2D eigenvalue weighted by Gasteiger charge is -2.24. The Morgan fingerprint density at radius 1 is 0.907 bits per heavy atom. The first-order valence-electron chi connectivity index (χ1n) is 14.0. The number of aryl methyl sites for hydroxylation is 1. The molecule has 11 heteroatoms. The van der Waals surface area contributed by atoms with Gasteiger partial charge in [-0.15, -0.1) is 13.2 Å². The summed E-state index contributed by atoms with van der Waals surface area (Å²) < 4.78 is 40.8. The van der Waals surface area contributed by atoms with E-state index in [4.69, 9.17) is 0 Å². The van der Waals surface area contributed by atoms with Crippen LogP contribution in [0.3, 0.4) is 0 Å². The molecule has 0 spiro atoms. The van der Waals surface area contributed by atoms with E-state index in [2.05, 4.69) is 21.1 Å². The number of urea groups is 1. The summed E-state index contributed by atoms with van der Waals surface area (Å²) >= 11 is 1.26. The Bertz CT molecular complexity index is 1520. The largest absolute Gasteiger partial charge is 0.573 e. The van der Waals surface area contributed by atoms with Crippen molar-refractivity contribution in [2.24, 2.45) is 4.99 Å². The van der Waals surface area contributed by atoms with Crippen LogP contribution in [0.4, 0.5) is 23.7 Å². The number of nitrogens with one attached hydrogen (secondary N) is 1. The first-order valence-corrected chi connectivity index (χ1v) is 15.0. The van der Waals surface area contributed by atoms with Gasteiger partial charge in [0.1, 0.15) is 11.5 Å². The third-order valence-electron chi connectivity index (χ3n) is 7.25. The van der Waals surface area contributed by atoms with Gasteiger partial charge in [0.15, 0.2) is 5.17 Å². The highest BCUT2D eigenvalue weighted by atomic mass is 32.2. The van der Waals surface area contributed by atoms with Crippen LogP contribution in [0, 0.1) is 0 Å². The van der Waals surface area contributed by atoms with Crippen LogP contribution in [0.15, 0.2) is 71.7 Å². The van der Waals surface area contributed by atoms with E-state index < -0.39 is 12.4 Å². The maximum Gasteiger partial charge on any atom is 0.573 e. The number of fused-ring (bicyclic) bond motifs is 1. The Kier molecular flexibility index (Phi) is 9.49. The van der Waals surface area contributed by atoms with Gasteiger partial charge in [0.2, 0.25) is 5.91 Å². The molecule has 1 N–H and O–H groups in total. The van der Waals surface area contributed by atoms with Gasteiger partial charge in [-0.3, -0.25) is 14.5 Å². The first kappa shape index (κ1) is 30.3. The van der Waals surface area contributed by atoms with E-state index in [9.17, 15) is 27.6 Å². The summed E-state index contributed by atoms with van der Waals surface area (Å²) in [6.07, 6.45) is 0.181. The zero-order chi connectivity index (χ0) is 30.4. The van der Waals surface area contributed by atoms with Crippen LogP contribution in [-0.4, -0.2) is 41.5 Å². The van der Waals surface area contributed by atoms with Gasteiger partial charge in [-0.1, -0.05) is 60.3 Å². The Morgan fingerprint density at radius 2 is 1.56 bits per heavy atom. The van der Waals surface area contributed by atoms with Crippen molar-refractivity contribution >= 4 is 40.3 Å². The SMILES string of the molecule is O=C(Cc1ccc(CCNC(=O)N=C2SCC(=O)N2c2cccc3c2CCCC3)cc1)Cc1ccc(OC(F)(F)F)cc1. The number of Topliss-reactive ketones (excluding diaryl/α,β-unsaturated/α-hetero) is 1. The molecule has 1 fully saturated rings.